The summed E-state index contributed by atoms with van der Waals surface area (Å²) < 4.78 is 10.1. The van der Waals surface area contributed by atoms with E-state index in [9.17, 15) is 4.79 Å². The average molecular weight is 368 g/mol. The quantitative estimate of drug-likeness (QED) is 0.318. The maximum atomic E-state index is 11.3. The van der Waals surface area contributed by atoms with Crippen LogP contribution in [0.15, 0.2) is 47.6 Å². The van der Waals surface area contributed by atoms with E-state index in [1.54, 1.807) is 42.5 Å². The molecular formula is C17H15Cl2NO4. The number of rotatable bonds is 7. The van der Waals surface area contributed by atoms with Crippen LogP contribution in [-0.2, 0) is 9.57 Å². The molecule has 0 saturated carbocycles. The number of hydrogen-bond acceptors (Lipinski definition) is 5. The van der Waals surface area contributed by atoms with Crippen molar-refractivity contribution in [1.29, 1.82) is 0 Å². The summed E-state index contributed by atoms with van der Waals surface area (Å²) in [5.74, 6) is 0.0388. The molecule has 0 unspecified atom stereocenters. The molecule has 0 saturated heterocycles. The molecule has 0 bridgehead atoms. The number of nitrogens with zero attached hydrogens (tertiary/aromatic N) is 1. The van der Waals surface area contributed by atoms with E-state index < -0.39 is 0 Å². The number of esters is 1. The Bertz CT molecular complexity index is 697. The Labute approximate surface area is 149 Å². The Hall–Kier alpha value is -2.24. The van der Waals surface area contributed by atoms with Crippen molar-refractivity contribution in [2.24, 2.45) is 5.16 Å². The van der Waals surface area contributed by atoms with E-state index in [-0.39, 0.29) is 19.2 Å². The molecule has 126 valence electrons. The lowest BCUT2D eigenvalue weighted by Crippen LogP contribution is -2.05. The lowest BCUT2D eigenvalue weighted by molar-refractivity contribution is 0.0600. The van der Waals surface area contributed by atoms with Crippen molar-refractivity contribution in [3.63, 3.8) is 0 Å². The molecule has 2 rings (SSSR count). The molecule has 0 atom stereocenters. The van der Waals surface area contributed by atoms with Crippen molar-refractivity contribution < 1.29 is 19.1 Å². The Balaban J connectivity index is 1.76. The van der Waals surface area contributed by atoms with Crippen LogP contribution in [0.4, 0.5) is 0 Å². The number of oxime groups is 1. The van der Waals surface area contributed by atoms with Gasteiger partial charge in [-0.3, -0.25) is 0 Å². The van der Waals surface area contributed by atoms with Crippen molar-refractivity contribution in [1.82, 2.24) is 0 Å². The van der Waals surface area contributed by atoms with Gasteiger partial charge in [-0.15, -0.1) is 0 Å². The van der Waals surface area contributed by atoms with Gasteiger partial charge in [0.1, 0.15) is 6.61 Å². The van der Waals surface area contributed by atoms with Crippen LogP contribution in [0.1, 0.15) is 15.9 Å². The molecule has 5 nitrogen and oxygen atoms in total. The first-order valence-corrected chi connectivity index (χ1v) is 7.78. The highest BCUT2D eigenvalue weighted by atomic mass is 35.5. The summed E-state index contributed by atoms with van der Waals surface area (Å²) >= 11 is 12.0. The van der Waals surface area contributed by atoms with Crippen LogP contribution in [0.25, 0.3) is 0 Å². The first-order valence-electron chi connectivity index (χ1n) is 7.02. The Morgan fingerprint density at radius 1 is 1.08 bits per heavy atom. The van der Waals surface area contributed by atoms with Gasteiger partial charge in [0.2, 0.25) is 0 Å². The van der Waals surface area contributed by atoms with Crippen LogP contribution < -0.4 is 4.74 Å². The normalized spacial score (nSPS) is 10.6. The van der Waals surface area contributed by atoms with Crippen LogP contribution in [0.2, 0.25) is 10.0 Å². The molecule has 24 heavy (non-hydrogen) atoms. The first kappa shape index (κ1) is 18.1. The van der Waals surface area contributed by atoms with Gasteiger partial charge >= 0.3 is 5.97 Å². The van der Waals surface area contributed by atoms with E-state index in [4.69, 9.17) is 32.8 Å². The second-order valence-corrected chi connectivity index (χ2v) is 5.39. The maximum Gasteiger partial charge on any atom is 0.337 e. The standard InChI is InChI=1S/C17H15Cl2NO4/c1-22-17(21)13-7-5-12(6-8-13)11-20-24-10-9-23-16-14(18)3-2-4-15(16)19/h2-8,11H,9-10H2,1H3/b20-11+. The molecule has 0 N–H and O–H groups in total. The number of methoxy groups -OCH3 is 1. The largest absolute Gasteiger partial charge is 0.487 e. The van der Waals surface area contributed by atoms with E-state index >= 15 is 0 Å². The predicted octanol–water partition coefficient (Wildman–Crippen LogP) is 4.21. The van der Waals surface area contributed by atoms with Crippen molar-refractivity contribution in [3.05, 3.63) is 63.6 Å². The molecule has 7 heteroatoms. The van der Waals surface area contributed by atoms with E-state index in [2.05, 4.69) is 9.89 Å². The molecule has 0 aliphatic carbocycles. The zero-order valence-corrected chi connectivity index (χ0v) is 14.4. The Morgan fingerprint density at radius 3 is 2.38 bits per heavy atom. The van der Waals surface area contributed by atoms with E-state index in [0.29, 0.717) is 21.4 Å². The van der Waals surface area contributed by atoms with Gasteiger partial charge in [0.15, 0.2) is 12.4 Å². The lowest BCUT2D eigenvalue weighted by Gasteiger charge is -2.08. The number of benzene rings is 2. The molecule has 0 radical (unpaired) electrons. The van der Waals surface area contributed by atoms with Gasteiger partial charge in [-0.1, -0.05) is 46.6 Å². The van der Waals surface area contributed by atoms with Crippen molar-refractivity contribution in [2.45, 2.75) is 0 Å². The molecule has 0 spiro atoms. The van der Waals surface area contributed by atoms with Crippen LogP contribution in [0, 0.1) is 0 Å². The minimum absolute atomic E-state index is 0.234. The predicted molar refractivity (Wildman–Crippen MR) is 93.3 cm³/mol. The van der Waals surface area contributed by atoms with Crippen molar-refractivity contribution in [2.75, 3.05) is 20.3 Å². The number of hydrogen-bond donors (Lipinski definition) is 0. The van der Waals surface area contributed by atoms with E-state index in [1.165, 1.54) is 13.3 Å². The zero-order valence-electron chi connectivity index (χ0n) is 12.9. The average Bonchev–Trinajstić information content (AvgIpc) is 2.60. The fourth-order valence-electron chi connectivity index (χ4n) is 1.78. The summed E-state index contributed by atoms with van der Waals surface area (Å²) in [4.78, 5) is 16.4. The number of carbonyl (C=O) groups excluding carboxylic acids is 1. The second kappa shape index (κ2) is 9.15. The van der Waals surface area contributed by atoms with Crippen LogP contribution in [0.3, 0.4) is 0 Å². The number of carbonyl (C=O) groups is 1. The number of para-hydroxylation sites is 1. The third kappa shape index (κ3) is 5.15. The molecule has 0 aromatic heterocycles. The zero-order chi connectivity index (χ0) is 17.4. The molecular weight excluding hydrogens is 353 g/mol. The third-order valence-corrected chi connectivity index (χ3v) is 3.54. The third-order valence-electron chi connectivity index (χ3n) is 2.95. The number of ether oxygens (including phenoxy) is 2. The van der Waals surface area contributed by atoms with Gasteiger partial charge in [0, 0.05) is 0 Å². The summed E-state index contributed by atoms with van der Waals surface area (Å²) in [6.07, 6.45) is 1.53. The van der Waals surface area contributed by atoms with Gasteiger partial charge in [0.25, 0.3) is 0 Å². The van der Waals surface area contributed by atoms with E-state index in [1.807, 2.05) is 0 Å². The highest BCUT2D eigenvalue weighted by Crippen LogP contribution is 2.32. The second-order valence-electron chi connectivity index (χ2n) is 4.58. The number of halogens is 2. The molecule has 0 heterocycles. The summed E-state index contributed by atoms with van der Waals surface area (Å²) in [6, 6.07) is 11.9. The fraction of sp³-hybridized carbons (Fsp3) is 0.176. The van der Waals surface area contributed by atoms with Crippen LogP contribution in [0.5, 0.6) is 5.75 Å². The summed E-state index contributed by atoms with van der Waals surface area (Å²) in [6.45, 7) is 0.486. The summed E-state index contributed by atoms with van der Waals surface area (Å²) in [5, 5.41) is 4.71. The topological polar surface area (TPSA) is 57.1 Å². The maximum absolute atomic E-state index is 11.3. The summed E-state index contributed by atoms with van der Waals surface area (Å²) in [5.41, 5.74) is 1.26. The fourth-order valence-corrected chi connectivity index (χ4v) is 2.28. The smallest absolute Gasteiger partial charge is 0.337 e. The van der Waals surface area contributed by atoms with Crippen molar-refractivity contribution in [3.8, 4) is 5.75 Å². The van der Waals surface area contributed by atoms with Gasteiger partial charge in [0.05, 0.1) is 28.9 Å². The molecule has 2 aromatic rings. The highest BCUT2D eigenvalue weighted by Gasteiger charge is 2.06. The molecule has 0 aliphatic heterocycles. The highest BCUT2D eigenvalue weighted by molar-refractivity contribution is 6.37. The summed E-state index contributed by atoms with van der Waals surface area (Å²) in [7, 11) is 1.34. The van der Waals surface area contributed by atoms with Gasteiger partial charge in [-0.2, -0.15) is 0 Å². The van der Waals surface area contributed by atoms with Crippen LogP contribution in [-0.4, -0.2) is 32.5 Å². The molecule has 0 fully saturated rings. The lowest BCUT2D eigenvalue weighted by atomic mass is 10.1. The van der Waals surface area contributed by atoms with Crippen LogP contribution >= 0.6 is 23.2 Å². The minimum Gasteiger partial charge on any atom is -0.487 e. The minimum atomic E-state index is -0.384. The van der Waals surface area contributed by atoms with Crippen molar-refractivity contribution >= 4 is 35.4 Å². The van der Waals surface area contributed by atoms with Gasteiger partial charge in [-0.05, 0) is 29.8 Å². The molecule has 2 aromatic carbocycles. The molecule has 0 aliphatic rings. The Kier molecular flexibility index (Phi) is 6.90. The molecule has 0 amide bonds. The Morgan fingerprint density at radius 2 is 1.75 bits per heavy atom. The monoisotopic (exact) mass is 367 g/mol. The van der Waals surface area contributed by atoms with E-state index in [0.717, 1.165) is 5.56 Å². The van der Waals surface area contributed by atoms with Gasteiger partial charge < -0.3 is 14.3 Å². The first-order chi connectivity index (χ1) is 11.6. The SMILES string of the molecule is COC(=O)c1ccc(/C=N/OCCOc2c(Cl)cccc2Cl)cc1. The van der Waals surface area contributed by atoms with Gasteiger partial charge in [-0.25, -0.2) is 4.79 Å².